The zero-order chi connectivity index (χ0) is 24.8. The highest BCUT2D eigenvalue weighted by atomic mass is 16.6. The number of aryl methyl sites for hydroxylation is 2. The quantitative estimate of drug-likeness (QED) is 0.279. The first kappa shape index (κ1) is 25.3. The number of benzene rings is 3. The Balaban J connectivity index is 2.21. The van der Waals surface area contributed by atoms with Crippen molar-refractivity contribution in [2.75, 3.05) is 13.2 Å². The molecular weight excluding hydrogens is 432 g/mol. The van der Waals surface area contributed by atoms with E-state index in [1.807, 2.05) is 44.2 Å². The molecule has 0 bridgehead atoms. The van der Waals surface area contributed by atoms with E-state index in [2.05, 4.69) is 19.9 Å². The minimum absolute atomic E-state index is 0.197. The first-order valence-corrected chi connectivity index (χ1v) is 11.9. The van der Waals surface area contributed by atoms with Crippen LogP contribution in [0.2, 0.25) is 0 Å². The van der Waals surface area contributed by atoms with Crippen LogP contribution in [0, 0.1) is 0 Å². The third-order valence-electron chi connectivity index (χ3n) is 5.44. The zero-order valence-corrected chi connectivity index (χ0v) is 20.9. The predicted molar refractivity (Wildman–Crippen MR) is 134 cm³/mol. The van der Waals surface area contributed by atoms with Crippen LogP contribution in [0.3, 0.4) is 0 Å². The summed E-state index contributed by atoms with van der Waals surface area (Å²) < 4.78 is 22.8. The van der Waals surface area contributed by atoms with Gasteiger partial charge in [-0.3, -0.25) is 0 Å². The second-order valence-electron chi connectivity index (χ2n) is 8.69. The summed E-state index contributed by atoms with van der Waals surface area (Å²) in [6.07, 6.45) is 1.20. The maximum atomic E-state index is 12.3. The molecule has 0 aliphatic carbocycles. The minimum Gasteiger partial charge on any atom is -0.481 e. The van der Waals surface area contributed by atoms with Gasteiger partial charge in [-0.2, -0.15) is 0 Å². The van der Waals surface area contributed by atoms with Crippen molar-refractivity contribution in [3.8, 4) is 11.5 Å². The first-order chi connectivity index (χ1) is 16.3. The summed E-state index contributed by atoms with van der Waals surface area (Å²) in [6.45, 7) is 11.0. The molecule has 0 amide bonds. The highest BCUT2D eigenvalue weighted by molar-refractivity contribution is 6.12. The summed E-state index contributed by atoms with van der Waals surface area (Å²) in [6, 6.07) is 11.8. The molecule has 0 radical (unpaired) electrons. The molecule has 0 heterocycles. The van der Waals surface area contributed by atoms with E-state index in [1.165, 1.54) is 5.56 Å². The van der Waals surface area contributed by atoms with E-state index in [0.717, 1.165) is 39.9 Å². The standard InChI is InChI=1S/C28H34O6/c1-7-19-13-14-23-26(20(19)8-2)28(32-16-25(30)34-18(5)6)22-12-10-9-11-21(22)27(23)31-15-24(29)33-17(3)4/h9-14,17-18H,7-8,15-16H2,1-6H3. The Bertz CT molecular complexity index is 1180. The number of esters is 2. The predicted octanol–water partition coefficient (Wildman–Crippen LogP) is 5.78. The SMILES string of the molecule is CCc1ccc2c(OCC(=O)OC(C)C)c3ccccc3c(OCC(=O)OC(C)C)c2c1CC. The van der Waals surface area contributed by atoms with Crippen molar-refractivity contribution < 1.29 is 28.5 Å². The van der Waals surface area contributed by atoms with Crippen LogP contribution < -0.4 is 9.47 Å². The Hall–Kier alpha value is -3.28. The number of carbonyl (C=O) groups excluding carboxylic acids is 2. The number of hydrogen-bond donors (Lipinski definition) is 0. The van der Waals surface area contributed by atoms with Gasteiger partial charge in [0.1, 0.15) is 11.5 Å². The Morgan fingerprint density at radius 3 is 1.74 bits per heavy atom. The third kappa shape index (κ3) is 5.61. The molecule has 0 spiro atoms. The van der Waals surface area contributed by atoms with Gasteiger partial charge in [0, 0.05) is 21.5 Å². The lowest BCUT2D eigenvalue weighted by Gasteiger charge is -2.21. The van der Waals surface area contributed by atoms with E-state index in [9.17, 15) is 9.59 Å². The molecule has 3 aromatic carbocycles. The second kappa shape index (κ2) is 11.2. The fourth-order valence-electron chi connectivity index (χ4n) is 4.19. The lowest BCUT2D eigenvalue weighted by atomic mass is 9.91. The van der Waals surface area contributed by atoms with E-state index in [1.54, 1.807) is 13.8 Å². The molecule has 0 aliphatic rings. The molecule has 0 N–H and O–H groups in total. The average molecular weight is 467 g/mol. The lowest BCUT2D eigenvalue weighted by Crippen LogP contribution is -2.19. The van der Waals surface area contributed by atoms with Crippen molar-refractivity contribution >= 4 is 33.5 Å². The molecule has 182 valence electrons. The van der Waals surface area contributed by atoms with E-state index in [4.69, 9.17) is 18.9 Å². The van der Waals surface area contributed by atoms with Crippen molar-refractivity contribution in [2.24, 2.45) is 0 Å². The highest BCUT2D eigenvalue weighted by Gasteiger charge is 2.22. The fraction of sp³-hybridized carbons (Fsp3) is 0.429. The molecule has 3 aromatic rings. The number of rotatable bonds is 10. The molecule has 0 saturated carbocycles. The molecule has 0 saturated heterocycles. The number of hydrogen-bond acceptors (Lipinski definition) is 6. The van der Waals surface area contributed by atoms with Crippen LogP contribution in [-0.4, -0.2) is 37.4 Å². The lowest BCUT2D eigenvalue weighted by molar-refractivity contribution is -0.150. The van der Waals surface area contributed by atoms with Crippen LogP contribution >= 0.6 is 0 Å². The van der Waals surface area contributed by atoms with Crippen molar-refractivity contribution in [1.82, 2.24) is 0 Å². The number of ether oxygens (including phenoxy) is 4. The van der Waals surface area contributed by atoms with Gasteiger partial charge in [-0.1, -0.05) is 50.2 Å². The fourth-order valence-corrected chi connectivity index (χ4v) is 4.19. The summed E-state index contributed by atoms with van der Waals surface area (Å²) in [5, 5.41) is 3.33. The van der Waals surface area contributed by atoms with Crippen molar-refractivity contribution in [1.29, 1.82) is 0 Å². The monoisotopic (exact) mass is 466 g/mol. The smallest absolute Gasteiger partial charge is 0.344 e. The van der Waals surface area contributed by atoms with Crippen LogP contribution in [0.4, 0.5) is 0 Å². The van der Waals surface area contributed by atoms with Gasteiger partial charge in [-0.05, 0) is 51.7 Å². The van der Waals surface area contributed by atoms with Gasteiger partial charge < -0.3 is 18.9 Å². The van der Waals surface area contributed by atoms with Gasteiger partial charge in [0.25, 0.3) is 0 Å². The first-order valence-electron chi connectivity index (χ1n) is 11.9. The van der Waals surface area contributed by atoms with Crippen LogP contribution in [-0.2, 0) is 31.9 Å². The molecule has 34 heavy (non-hydrogen) atoms. The molecule has 0 atom stereocenters. The topological polar surface area (TPSA) is 71.1 Å². The zero-order valence-electron chi connectivity index (χ0n) is 20.9. The summed E-state index contributed by atoms with van der Waals surface area (Å²) in [5.74, 6) is 0.370. The summed E-state index contributed by atoms with van der Waals surface area (Å²) in [5.41, 5.74) is 2.33. The van der Waals surface area contributed by atoms with Crippen LogP contribution in [0.1, 0.15) is 52.7 Å². The van der Waals surface area contributed by atoms with Crippen LogP contribution in [0.15, 0.2) is 36.4 Å². The maximum absolute atomic E-state index is 12.3. The second-order valence-corrected chi connectivity index (χ2v) is 8.69. The molecule has 6 heteroatoms. The van der Waals surface area contributed by atoms with E-state index >= 15 is 0 Å². The molecule has 0 aromatic heterocycles. The molecule has 0 aliphatic heterocycles. The van der Waals surface area contributed by atoms with Crippen LogP contribution in [0.5, 0.6) is 11.5 Å². The van der Waals surface area contributed by atoms with E-state index in [-0.39, 0.29) is 25.4 Å². The Labute approximate surface area is 201 Å². The number of carbonyl (C=O) groups is 2. The van der Waals surface area contributed by atoms with Gasteiger partial charge in [-0.15, -0.1) is 0 Å². The van der Waals surface area contributed by atoms with Gasteiger partial charge in [0.15, 0.2) is 13.2 Å². The molecule has 3 rings (SSSR count). The molecule has 6 nitrogen and oxygen atoms in total. The van der Waals surface area contributed by atoms with Crippen LogP contribution in [0.25, 0.3) is 21.5 Å². The molecule has 0 fully saturated rings. The van der Waals surface area contributed by atoms with E-state index < -0.39 is 11.9 Å². The van der Waals surface area contributed by atoms with Crippen molar-refractivity contribution in [3.63, 3.8) is 0 Å². The Morgan fingerprint density at radius 2 is 1.24 bits per heavy atom. The molecule has 0 unspecified atom stereocenters. The minimum atomic E-state index is -0.426. The average Bonchev–Trinajstić information content (AvgIpc) is 2.79. The van der Waals surface area contributed by atoms with Gasteiger partial charge in [0.2, 0.25) is 0 Å². The maximum Gasteiger partial charge on any atom is 0.344 e. The number of fused-ring (bicyclic) bond motifs is 2. The van der Waals surface area contributed by atoms with Gasteiger partial charge in [0.05, 0.1) is 12.2 Å². The summed E-state index contributed by atoms with van der Waals surface area (Å²) in [7, 11) is 0. The normalized spacial score (nSPS) is 11.3. The summed E-state index contributed by atoms with van der Waals surface area (Å²) in [4.78, 5) is 24.5. The van der Waals surface area contributed by atoms with Gasteiger partial charge >= 0.3 is 11.9 Å². The van der Waals surface area contributed by atoms with Crippen molar-refractivity contribution in [3.05, 3.63) is 47.5 Å². The van der Waals surface area contributed by atoms with E-state index in [0.29, 0.717) is 11.5 Å². The molecular formula is C28H34O6. The summed E-state index contributed by atoms with van der Waals surface area (Å²) >= 11 is 0. The third-order valence-corrected chi connectivity index (χ3v) is 5.44. The largest absolute Gasteiger partial charge is 0.481 e. The Morgan fingerprint density at radius 1 is 0.706 bits per heavy atom. The highest BCUT2D eigenvalue weighted by Crippen LogP contribution is 2.45. The van der Waals surface area contributed by atoms with Gasteiger partial charge in [-0.25, -0.2) is 9.59 Å². The Kier molecular flexibility index (Phi) is 8.37. The van der Waals surface area contributed by atoms with Crippen molar-refractivity contribution in [2.45, 2.75) is 66.6 Å².